The monoisotopic (exact) mass is 464 g/mol. The van der Waals surface area contributed by atoms with E-state index in [0.29, 0.717) is 52.5 Å². The maximum atomic E-state index is 13.1. The zero-order valence-electron chi connectivity index (χ0n) is 22.5. The summed E-state index contributed by atoms with van der Waals surface area (Å²) in [4.78, 5) is 13.1. The van der Waals surface area contributed by atoms with Gasteiger partial charge in [0.1, 0.15) is 5.78 Å². The Kier molecular flexibility index (Phi) is 7.80. The largest absolute Gasteiger partial charge is 0.413 e. The summed E-state index contributed by atoms with van der Waals surface area (Å²) < 4.78 is 7.51. The van der Waals surface area contributed by atoms with Crippen molar-refractivity contribution in [2.24, 2.45) is 34.5 Å². The van der Waals surface area contributed by atoms with Gasteiger partial charge in [-0.1, -0.05) is 68.7 Å². The number of hydrogen-bond acceptors (Lipinski definition) is 3. The highest BCUT2D eigenvalue weighted by Gasteiger charge is 2.66. The van der Waals surface area contributed by atoms with Gasteiger partial charge >= 0.3 is 0 Å². The van der Waals surface area contributed by atoms with E-state index in [2.05, 4.69) is 62.3 Å². The topological polar surface area (TPSA) is 46.5 Å². The average molecular weight is 465 g/mol. The fourth-order valence-electron chi connectivity index (χ4n) is 9.43. The van der Waals surface area contributed by atoms with E-state index in [-0.39, 0.29) is 23.5 Å². The van der Waals surface area contributed by atoms with E-state index in [1.165, 1.54) is 12.8 Å². The molecule has 0 heterocycles. The van der Waals surface area contributed by atoms with Gasteiger partial charge < -0.3 is 9.53 Å². The Morgan fingerprint density at radius 1 is 1.06 bits per heavy atom. The third-order valence-corrected chi connectivity index (χ3v) is 17.0. The number of fused-ring (bicyclic) bond motifs is 3. The number of hydrogen-bond donors (Lipinski definition) is 1. The Balaban J connectivity index is 2.04. The van der Waals surface area contributed by atoms with Crippen molar-refractivity contribution in [2.45, 2.75) is 130 Å². The van der Waals surface area contributed by atoms with E-state index >= 15 is 0 Å². The van der Waals surface area contributed by atoms with E-state index in [0.717, 1.165) is 25.7 Å². The molecule has 3 aliphatic carbocycles. The molecule has 0 spiro atoms. The van der Waals surface area contributed by atoms with Crippen molar-refractivity contribution in [2.75, 3.05) is 6.61 Å². The first kappa shape index (κ1) is 26.4. The van der Waals surface area contributed by atoms with Gasteiger partial charge in [-0.25, -0.2) is 0 Å². The van der Waals surface area contributed by atoms with Crippen molar-refractivity contribution < 1.29 is 14.3 Å². The van der Waals surface area contributed by atoms with Crippen molar-refractivity contribution in [1.29, 1.82) is 0 Å². The molecule has 3 nitrogen and oxygen atoms in total. The van der Waals surface area contributed by atoms with E-state index in [1.807, 2.05) is 0 Å². The lowest BCUT2D eigenvalue weighted by atomic mass is 9.43. The Labute approximate surface area is 199 Å². The number of aliphatic hydroxyl groups is 1. The molecular formula is C28H52O3Si. The molecular weight excluding hydrogens is 412 g/mol. The lowest BCUT2D eigenvalue weighted by molar-refractivity contribution is -0.169. The molecule has 0 saturated heterocycles. The van der Waals surface area contributed by atoms with Crippen molar-refractivity contribution in [3.8, 4) is 0 Å². The maximum absolute atomic E-state index is 13.1. The summed E-state index contributed by atoms with van der Waals surface area (Å²) in [5.74, 6) is 2.78. The number of aliphatic hydroxyl groups excluding tert-OH is 1. The van der Waals surface area contributed by atoms with Crippen LogP contribution in [0.4, 0.5) is 0 Å². The second-order valence-corrected chi connectivity index (χ2v) is 18.6. The van der Waals surface area contributed by atoms with E-state index in [1.54, 1.807) is 0 Å². The Morgan fingerprint density at radius 2 is 1.66 bits per heavy atom. The van der Waals surface area contributed by atoms with Crippen molar-refractivity contribution in [3.05, 3.63) is 0 Å². The first-order valence-corrected chi connectivity index (χ1v) is 15.8. The summed E-state index contributed by atoms with van der Waals surface area (Å²) in [6, 6.07) is 0. The second-order valence-electron chi connectivity index (χ2n) is 13.2. The Bertz CT molecular complexity index is 652. The van der Waals surface area contributed by atoms with Crippen LogP contribution in [0.15, 0.2) is 0 Å². The number of Topliss-reactive ketones (excluding diaryl/α,β-unsaturated/α-hetero) is 1. The molecule has 0 aromatic carbocycles. The SMILES string of the molecule is CC(C)[Si](O[C@@H]1C[C@H]2CC[C@H](C)[C@@H](CCCO)[C@]2(C)[C@@H]2CC(=O)C[C@@]21C)(C(C)C)C(C)C. The Morgan fingerprint density at radius 3 is 2.19 bits per heavy atom. The van der Waals surface area contributed by atoms with Gasteiger partial charge in [0.05, 0.1) is 6.10 Å². The molecule has 3 rings (SSSR count). The molecule has 0 bridgehead atoms. The maximum Gasteiger partial charge on any atom is 0.200 e. The van der Waals surface area contributed by atoms with E-state index < -0.39 is 8.32 Å². The summed E-state index contributed by atoms with van der Waals surface area (Å²) in [7, 11) is -2.02. The van der Waals surface area contributed by atoms with Crippen LogP contribution >= 0.6 is 0 Å². The van der Waals surface area contributed by atoms with Gasteiger partial charge in [-0.15, -0.1) is 0 Å². The van der Waals surface area contributed by atoms with Crippen LogP contribution in [0.2, 0.25) is 16.6 Å². The highest BCUT2D eigenvalue weighted by atomic mass is 28.4. The van der Waals surface area contributed by atoms with E-state index in [9.17, 15) is 9.90 Å². The van der Waals surface area contributed by atoms with Crippen LogP contribution in [0.25, 0.3) is 0 Å². The van der Waals surface area contributed by atoms with Gasteiger partial charge in [-0.05, 0) is 71.4 Å². The van der Waals surface area contributed by atoms with Gasteiger partial charge in [0, 0.05) is 24.9 Å². The lowest BCUT2D eigenvalue weighted by Gasteiger charge is -2.64. The van der Waals surface area contributed by atoms with Gasteiger partial charge in [-0.2, -0.15) is 0 Å². The molecule has 7 atom stereocenters. The van der Waals surface area contributed by atoms with Crippen LogP contribution in [0.3, 0.4) is 0 Å². The second kappa shape index (κ2) is 9.45. The van der Waals surface area contributed by atoms with Gasteiger partial charge in [0.25, 0.3) is 0 Å². The first-order valence-electron chi connectivity index (χ1n) is 13.7. The third-order valence-electron chi connectivity index (χ3n) is 10.9. The number of carbonyl (C=O) groups excluding carboxylic acids is 1. The third kappa shape index (κ3) is 3.98. The zero-order valence-corrected chi connectivity index (χ0v) is 23.5. The van der Waals surface area contributed by atoms with Crippen LogP contribution in [-0.2, 0) is 9.22 Å². The molecule has 3 aliphatic rings. The molecule has 0 aliphatic heterocycles. The highest BCUT2D eigenvalue weighted by Crippen LogP contribution is 2.68. The lowest BCUT2D eigenvalue weighted by Crippen LogP contribution is -2.62. The van der Waals surface area contributed by atoms with Gasteiger partial charge in [0.15, 0.2) is 0 Å². The summed E-state index contributed by atoms with van der Waals surface area (Å²) in [5.41, 5.74) is 1.84. The Hall–Kier alpha value is -0.193. The summed E-state index contributed by atoms with van der Waals surface area (Å²) in [6.07, 6.45) is 7.31. The minimum absolute atomic E-state index is 0.0478. The van der Waals surface area contributed by atoms with Crippen LogP contribution in [-0.4, -0.2) is 31.9 Å². The molecule has 0 unspecified atom stereocenters. The van der Waals surface area contributed by atoms with Gasteiger partial charge in [0.2, 0.25) is 8.32 Å². The van der Waals surface area contributed by atoms with Gasteiger partial charge in [-0.3, -0.25) is 4.79 Å². The van der Waals surface area contributed by atoms with Crippen LogP contribution in [0, 0.1) is 34.5 Å². The minimum Gasteiger partial charge on any atom is -0.413 e. The first-order chi connectivity index (χ1) is 14.8. The molecule has 0 aromatic rings. The van der Waals surface area contributed by atoms with Crippen LogP contribution < -0.4 is 0 Å². The zero-order chi connectivity index (χ0) is 24.1. The summed E-state index contributed by atoms with van der Waals surface area (Å²) in [5, 5.41) is 9.60. The summed E-state index contributed by atoms with van der Waals surface area (Å²) in [6.45, 7) is 21.9. The van der Waals surface area contributed by atoms with Crippen molar-refractivity contribution in [1.82, 2.24) is 0 Å². The number of ketones is 1. The fraction of sp³-hybridized carbons (Fsp3) is 0.964. The summed E-state index contributed by atoms with van der Waals surface area (Å²) >= 11 is 0. The molecule has 0 aromatic heterocycles. The predicted octanol–water partition coefficient (Wildman–Crippen LogP) is 7.38. The standard InChI is InChI=1S/C28H52O3Si/c1-18(2)32(19(3)4,20(5)6)31-26-15-22-13-12-21(7)24(11-10-14-29)28(22,9)25-16-23(30)17-27(25,26)8/h18-22,24-26,29H,10-17H2,1-9H3/t21-,22+,24+,25+,26+,27-,28+/m0/s1. The predicted molar refractivity (Wildman–Crippen MR) is 136 cm³/mol. The molecule has 0 amide bonds. The minimum atomic E-state index is -2.02. The fourth-order valence-corrected chi connectivity index (χ4v) is 15.1. The smallest absolute Gasteiger partial charge is 0.200 e. The molecule has 1 N–H and O–H groups in total. The van der Waals surface area contributed by atoms with Crippen LogP contribution in [0.1, 0.15) is 107 Å². The highest BCUT2D eigenvalue weighted by molar-refractivity contribution is 6.77. The average Bonchev–Trinajstić information content (AvgIpc) is 3.01. The number of rotatable bonds is 8. The molecule has 32 heavy (non-hydrogen) atoms. The molecule has 186 valence electrons. The molecule has 4 heteroatoms. The van der Waals surface area contributed by atoms with Crippen molar-refractivity contribution in [3.63, 3.8) is 0 Å². The normalized spacial score (nSPS) is 40.3. The van der Waals surface area contributed by atoms with E-state index in [4.69, 9.17) is 4.43 Å². The quantitative estimate of drug-likeness (QED) is 0.381. The molecule has 3 saturated carbocycles. The molecule has 0 radical (unpaired) electrons. The van der Waals surface area contributed by atoms with Crippen LogP contribution in [0.5, 0.6) is 0 Å². The number of carbonyl (C=O) groups is 1. The molecule has 3 fully saturated rings. The van der Waals surface area contributed by atoms with Crippen molar-refractivity contribution >= 4 is 14.1 Å².